The number of aromatic carboxylic acids is 1. The van der Waals surface area contributed by atoms with Gasteiger partial charge >= 0.3 is 11.6 Å². The molecule has 0 spiro atoms. The van der Waals surface area contributed by atoms with Gasteiger partial charge in [0.25, 0.3) is 0 Å². The lowest BCUT2D eigenvalue weighted by Crippen LogP contribution is -2.30. The number of benzene rings is 3. The molecule has 1 aromatic heterocycles. The van der Waals surface area contributed by atoms with E-state index in [9.17, 15) is 14.7 Å². The topological polar surface area (TPSA) is 107 Å². The molecule has 3 aromatic rings. The second-order valence-electron chi connectivity index (χ2n) is 10.9. The van der Waals surface area contributed by atoms with Crippen molar-refractivity contribution in [2.24, 2.45) is 0 Å². The molecule has 0 radical (unpaired) electrons. The Labute approximate surface area is 250 Å². The normalized spacial score (nSPS) is 12.8. The number of carbonyl (C=O) groups is 1. The second kappa shape index (κ2) is 12.1. The van der Waals surface area contributed by atoms with E-state index in [0.717, 1.165) is 73.4 Å². The molecule has 0 atom stereocenters. The fraction of sp³-hybridized carbons (Fsp3) is 0.343. The summed E-state index contributed by atoms with van der Waals surface area (Å²) >= 11 is 0. The summed E-state index contributed by atoms with van der Waals surface area (Å²) in [6.45, 7) is 8.21. The molecule has 0 saturated heterocycles. The standard InChI is InChI=1S/C34H34N2O5.CH4O/c1-6-19-16-24-27(18-26(19)35(4)5)40-32-25-17-20(7-2)30-23(14-11-15-36(30)8-3)31(25)41-34(39)29(32)28(24)21-12-9-10-13-22(21)33(37)38;1-2/h9-10,12-13,16-18H,6-8,11,14-15H2,1-5H3;2H,1H3/p+1. The summed E-state index contributed by atoms with van der Waals surface area (Å²) in [7, 11) is 4.98. The summed E-state index contributed by atoms with van der Waals surface area (Å²) in [5.41, 5.74) is 6.72. The van der Waals surface area contributed by atoms with Gasteiger partial charge in [-0.3, -0.25) is 0 Å². The van der Waals surface area contributed by atoms with E-state index in [2.05, 4.69) is 31.7 Å². The summed E-state index contributed by atoms with van der Waals surface area (Å²) in [5, 5.41) is 19.2. The fourth-order valence-corrected chi connectivity index (χ4v) is 6.53. The number of fused-ring (bicyclic) bond motifs is 6. The Bertz CT molecular complexity index is 1960. The van der Waals surface area contributed by atoms with E-state index < -0.39 is 11.6 Å². The lowest BCUT2D eigenvalue weighted by atomic mass is 9.88. The van der Waals surface area contributed by atoms with Crippen LogP contribution in [0, 0.1) is 0 Å². The molecule has 224 valence electrons. The molecule has 0 bridgehead atoms. The van der Waals surface area contributed by atoms with Crippen molar-refractivity contribution in [1.29, 1.82) is 0 Å². The number of aryl methyl sites for hydroxylation is 3. The number of aliphatic hydroxyl groups is 1. The first kappa shape index (κ1) is 30.0. The highest BCUT2D eigenvalue weighted by atomic mass is 16.4. The SMILES string of the molecule is CCc1cc2c(oc(=O)c3c(-c4ccccc4C(=O)O)c4cc(CC)c(=[N+](C)C)cc-4oc32)c2c1N(CC)CCC2.CO. The molecule has 2 N–H and O–H groups in total. The minimum absolute atomic E-state index is 0.119. The molecule has 2 aromatic carbocycles. The molecule has 8 heteroatoms. The summed E-state index contributed by atoms with van der Waals surface area (Å²) in [4.78, 5) is 28.8. The van der Waals surface area contributed by atoms with Crippen LogP contribution < -0.4 is 20.5 Å². The van der Waals surface area contributed by atoms with Gasteiger partial charge in [0.15, 0.2) is 5.58 Å². The third-order valence-electron chi connectivity index (χ3n) is 8.43. The van der Waals surface area contributed by atoms with Crippen molar-refractivity contribution in [3.8, 4) is 22.5 Å². The Balaban J connectivity index is 0.00000180. The third kappa shape index (κ3) is 4.89. The third-order valence-corrected chi connectivity index (χ3v) is 8.43. The molecule has 6 rings (SSSR count). The summed E-state index contributed by atoms with van der Waals surface area (Å²) < 4.78 is 14.9. The smallest absolute Gasteiger partial charge is 0.348 e. The highest BCUT2D eigenvalue weighted by Crippen LogP contribution is 2.45. The fourth-order valence-electron chi connectivity index (χ4n) is 6.53. The molecule has 0 fully saturated rings. The average Bonchev–Trinajstić information content (AvgIpc) is 3.03. The molecule has 0 amide bonds. The maximum Gasteiger partial charge on any atom is 0.348 e. The predicted molar refractivity (Wildman–Crippen MR) is 171 cm³/mol. The molecule has 1 aliphatic carbocycles. The van der Waals surface area contributed by atoms with Gasteiger partial charge in [-0.15, -0.1) is 0 Å². The first-order valence-electron chi connectivity index (χ1n) is 14.9. The van der Waals surface area contributed by atoms with Crippen molar-refractivity contribution in [1.82, 2.24) is 4.58 Å². The van der Waals surface area contributed by atoms with Gasteiger partial charge in [-0.2, -0.15) is 0 Å². The van der Waals surface area contributed by atoms with Crippen molar-refractivity contribution < 1.29 is 23.8 Å². The van der Waals surface area contributed by atoms with E-state index in [1.165, 1.54) is 5.56 Å². The van der Waals surface area contributed by atoms with Crippen LogP contribution in [0.1, 0.15) is 54.2 Å². The van der Waals surface area contributed by atoms with Gasteiger partial charge in [-0.25, -0.2) is 14.2 Å². The van der Waals surface area contributed by atoms with Crippen molar-refractivity contribution in [2.75, 3.05) is 39.2 Å². The monoisotopic (exact) mass is 583 g/mol. The number of anilines is 1. The molecule has 3 heterocycles. The Morgan fingerprint density at radius 1 is 0.953 bits per heavy atom. The van der Waals surface area contributed by atoms with Crippen molar-refractivity contribution >= 4 is 33.6 Å². The number of rotatable bonds is 5. The predicted octanol–water partition coefficient (Wildman–Crippen LogP) is 5.55. The first-order chi connectivity index (χ1) is 20.8. The van der Waals surface area contributed by atoms with E-state index >= 15 is 0 Å². The minimum Gasteiger partial charge on any atom is -0.478 e. The zero-order valence-electron chi connectivity index (χ0n) is 25.7. The van der Waals surface area contributed by atoms with Crippen LogP contribution in [0.5, 0.6) is 0 Å². The quantitative estimate of drug-likeness (QED) is 0.121. The highest BCUT2D eigenvalue weighted by Gasteiger charge is 2.29. The van der Waals surface area contributed by atoms with Gasteiger partial charge in [0.1, 0.15) is 30.8 Å². The van der Waals surface area contributed by atoms with Gasteiger partial charge in [0, 0.05) is 48.1 Å². The van der Waals surface area contributed by atoms with E-state index in [1.54, 1.807) is 24.3 Å². The molecular formula is C35H39N2O6+. The van der Waals surface area contributed by atoms with Crippen molar-refractivity contribution in [3.63, 3.8) is 0 Å². The van der Waals surface area contributed by atoms with E-state index in [4.69, 9.17) is 13.9 Å². The van der Waals surface area contributed by atoms with Gasteiger partial charge < -0.3 is 23.9 Å². The zero-order valence-corrected chi connectivity index (χ0v) is 25.7. The second-order valence-corrected chi connectivity index (χ2v) is 10.9. The Morgan fingerprint density at radius 3 is 2.33 bits per heavy atom. The van der Waals surface area contributed by atoms with Gasteiger partial charge in [-0.1, -0.05) is 32.0 Å². The van der Waals surface area contributed by atoms with Gasteiger partial charge in [-0.05, 0) is 61.9 Å². The van der Waals surface area contributed by atoms with Gasteiger partial charge in [0.05, 0.1) is 17.0 Å². The number of carboxylic acids is 1. The largest absolute Gasteiger partial charge is 0.478 e. The van der Waals surface area contributed by atoms with Crippen LogP contribution in [0.15, 0.2) is 56.1 Å². The van der Waals surface area contributed by atoms with E-state index in [0.29, 0.717) is 33.6 Å². The maximum absolute atomic E-state index is 14.0. The number of hydrogen-bond acceptors (Lipinski definition) is 6. The highest BCUT2D eigenvalue weighted by molar-refractivity contribution is 6.13. The number of aliphatic hydroxyl groups excluding tert-OH is 1. The summed E-state index contributed by atoms with van der Waals surface area (Å²) in [6.07, 6.45) is 3.37. The van der Waals surface area contributed by atoms with Crippen LogP contribution >= 0.6 is 0 Å². The molecule has 2 aliphatic heterocycles. The van der Waals surface area contributed by atoms with Crippen LogP contribution in [0.3, 0.4) is 0 Å². The Kier molecular flexibility index (Phi) is 8.42. The van der Waals surface area contributed by atoms with Gasteiger partial charge in [0.2, 0.25) is 5.36 Å². The number of hydrogen-bond donors (Lipinski definition) is 2. The van der Waals surface area contributed by atoms with Crippen LogP contribution in [0.4, 0.5) is 5.69 Å². The number of nitrogens with zero attached hydrogens (tertiary/aromatic N) is 2. The molecule has 0 saturated carbocycles. The first-order valence-corrected chi connectivity index (χ1v) is 14.9. The number of carboxylic acid groups (broad SMARTS) is 1. The average molecular weight is 584 g/mol. The van der Waals surface area contributed by atoms with Crippen molar-refractivity contribution in [2.45, 2.75) is 46.5 Å². The molecule has 43 heavy (non-hydrogen) atoms. The lowest BCUT2D eigenvalue weighted by Gasteiger charge is -2.33. The lowest BCUT2D eigenvalue weighted by molar-refractivity contribution is 0.0697. The van der Waals surface area contributed by atoms with Crippen LogP contribution in [0.2, 0.25) is 0 Å². The van der Waals surface area contributed by atoms with Crippen LogP contribution in [-0.2, 0) is 19.3 Å². The Hall–Kier alpha value is -4.43. The molecular weight excluding hydrogens is 544 g/mol. The Morgan fingerprint density at radius 2 is 1.67 bits per heavy atom. The summed E-state index contributed by atoms with van der Waals surface area (Å²) in [6, 6.07) is 12.9. The maximum atomic E-state index is 14.0. The zero-order chi connectivity index (χ0) is 31.0. The molecule has 0 unspecified atom stereocenters. The minimum atomic E-state index is -1.06. The van der Waals surface area contributed by atoms with E-state index in [-0.39, 0.29) is 10.9 Å². The molecule has 8 nitrogen and oxygen atoms in total. The molecule has 3 aliphatic rings. The summed E-state index contributed by atoms with van der Waals surface area (Å²) in [5.74, 6) is -0.470. The van der Waals surface area contributed by atoms with Crippen LogP contribution in [-0.4, -0.2) is 50.5 Å². The van der Waals surface area contributed by atoms with Crippen LogP contribution in [0.25, 0.3) is 44.4 Å². The van der Waals surface area contributed by atoms with Crippen molar-refractivity contribution in [3.05, 3.63) is 80.5 Å². The van der Waals surface area contributed by atoms with E-state index in [1.807, 2.05) is 30.8 Å².